The first-order chi connectivity index (χ1) is 14.5. The number of pyridine rings is 1. The molecule has 30 heavy (non-hydrogen) atoms. The van der Waals surface area contributed by atoms with Crippen LogP contribution in [0.1, 0.15) is 26.3 Å². The third-order valence-electron chi connectivity index (χ3n) is 5.89. The van der Waals surface area contributed by atoms with Gasteiger partial charge in [-0.3, -0.25) is 4.98 Å². The molecule has 4 aromatic carbocycles. The Balaban J connectivity index is 1.66. The molecule has 0 bridgehead atoms. The van der Waals surface area contributed by atoms with Crippen molar-refractivity contribution in [3.63, 3.8) is 0 Å². The lowest BCUT2D eigenvalue weighted by molar-refractivity contribution is 0.591. The van der Waals surface area contributed by atoms with Crippen LogP contribution in [0, 0.1) is 0 Å². The summed E-state index contributed by atoms with van der Waals surface area (Å²) >= 11 is 0. The summed E-state index contributed by atoms with van der Waals surface area (Å²) in [5.74, 6) is 0. The Morgan fingerprint density at radius 3 is 1.97 bits per heavy atom. The fourth-order valence-corrected chi connectivity index (χ4v) is 4.13. The smallest absolute Gasteiger partial charge is 0.0780 e. The van der Waals surface area contributed by atoms with E-state index in [-0.39, 0.29) is 5.41 Å². The van der Waals surface area contributed by atoms with Gasteiger partial charge in [0, 0.05) is 17.1 Å². The minimum Gasteiger partial charge on any atom is -0.256 e. The fraction of sp³-hybridized carbons (Fsp3) is 0.138. The summed E-state index contributed by atoms with van der Waals surface area (Å²) in [6.45, 7) is 6.79. The van der Waals surface area contributed by atoms with Crippen LogP contribution in [0.3, 0.4) is 0 Å². The Labute approximate surface area is 178 Å². The number of rotatable bonds is 2. The van der Waals surface area contributed by atoms with Crippen molar-refractivity contribution in [1.29, 1.82) is 0 Å². The second-order valence-corrected chi connectivity index (χ2v) is 8.95. The number of aromatic nitrogens is 1. The van der Waals surface area contributed by atoms with Gasteiger partial charge in [-0.1, -0.05) is 99.6 Å². The van der Waals surface area contributed by atoms with Gasteiger partial charge < -0.3 is 0 Å². The lowest BCUT2D eigenvalue weighted by Crippen LogP contribution is -2.10. The predicted octanol–water partition coefficient (Wildman–Crippen LogP) is 8.02. The van der Waals surface area contributed by atoms with Crippen molar-refractivity contribution >= 4 is 21.5 Å². The largest absolute Gasteiger partial charge is 0.256 e. The number of hydrogen-bond donors (Lipinski definition) is 0. The first kappa shape index (κ1) is 18.6. The van der Waals surface area contributed by atoms with Crippen molar-refractivity contribution < 1.29 is 0 Å². The van der Waals surface area contributed by atoms with Crippen LogP contribution in [0.5, 0.6) is 0 Å². The molecule has 0 fully saturated rings. The molecule has 0 radical (unpaired) electrons. The Kier molecular flexibility index (Phi) is 4.40. The summed E-state index contributed by atoms with van der Waals surface area (Å²) in [5.41, 5.74) is 6.12. The molecule has 0 amide bonds. The van der Waals surface area contributed by atoms with Crippen molar-refractivity contribution in [1.82, 2.24) is 4.98 Å². The van der Waals surface area contributed by atoms with Crippen LogP contribution >= 0.6 is 0 Å². The summed E-state index contributed by atoms with van der Waals surface area (Å²) in [6, 6.07) is 32.6. The van der Waals surface area contributed by atoms with Crippen LogP contribution in [0.15, 0.2) is 97.2 Å². The maximum absolute atomic E-state index is 4.76. The highest BCUT2D eigenvalue weighted by Crippen LogP contribution is 2.34. The molecule has 0 saturated heterocycles. The van der Waals surface area contributed by atoms with Crippen LogP contribution in [-0.2, 0) is 5.41 Å². The van der Waals surface area contributed by atoms with E-state index < -0.39 is 0 Å². The van der Waals surface area contributed by atoms with E-state index in [1.54, 1.807) is 0 Å². The molecule has 0 atom stereocenters. The third-order valence-corrected chi connectivity index (χ3v) is 5.89. The van der Waals surface area contributed by atoms with Gasteiger partial charge in [0.05, 0.1) is 5.69 Å². The molecule has 1 heteroatoms. The normalized spacial score (nSPS) is 11.8. The van der Waals surface area contributed by atoms with Gasteiger partial charge in [0.25, 0.3) is 0 Å². The van der Waals surface area contributed by atoms with E-state index >= 15 is 0 Å². The van der Waals surface area contributed by atoms with Crippen molar-refractivity contribution in [2.24, 2.45) is 0 Å². The molecule has 0 saturated carbocycles. The van der Waals surface area contributed by atoms with E-state index in [0.29, 0.717) is 0 Å². The van der Waals surface area contributed by atoms with Crippen molar-refractivity contribution in [2.75, 3.05) is 0 Å². The van der Waals surface area contributed by atoms with Crippen molar-refractivity contribution in [2.45, 2.75) is 26.2 Å². The second kappa shape index (κ2) is 7.11. The highest BCUT2D eigenvalue weighted by atomic mass is 14.7. The zero-order chi connectivity index (χ0) is 20.7. The molecule has 0 unspecified atom stereocenters. The molecule has 0 N–H and O–H groups in total. The minimum absolute atomic E-state index is 0.124. The first-order valence-electron chi connectivity index (χ1n) is 10.5. The summed E-state index contributed by atoms with van der Waals surface area (Å²) in [6.07, 6.45) is 1.94. The van der Waals surface area contributed by atoms with E-state index in [1.165, 1.54) is 38.2 Å². The summed E-state index contributed by atoms with van der Waals surface area (Å²) in [7, 11) is 0. The van der Waals surface area contributed by atoms with Crippen LogP contribution in [0.25, 0.3) is 43.9 Å². The molecule has 0 aliphatic carbocycles. The molecule has 0 aliphatic heterocycles. The molecule has 0 spiro atoms. The lowest BCUT2D eigenvalue weighted by atomic mass is 9.85. The molecule has 1 nitrogen and oxygen atoms in total. The highest BCUT2D eigenvalue weighted by Gasteiger charge is 2.15. The van der Waals surface area contributed by atoms with Gasteiger partial charge in [0.15, 0.2) is 0 Å². The Morgan fingerprint density at radius 1 is 0.567 bits per heavy atom. The van der Waals surface area contributed by atoms with Gasteiger partial charge in [-0.05, 0) is 50.4 Å². The molecule has 5 aromatic rings. The van der Waals surface area contributed by atoms with Gasteiger partial charge >= 0.3 is 0 Å². The fourth-order valence-electron chi connectivity index (χ4n) is 4.13. The SMILES string of the molecule is CC(C)(C)c1ccc2ccc3c(-c4ccc(-c5ccccc5)cc4)nccc3c2c1. The zero-order valence-electron chi connectivity index (χ0n) is 17.7. The van der Waals surface area contributed by atoms with Gasteiger partial charge in [-0.25, -0.2) is 0 Å². The van der Waals surface area contributed by atoms with E-state index in [2.05, 4.69) is 106 Å². The zero-order valence-corrected chi connectivity index (χ0v) is 17.7. The Bertz CT molecular complexity index is 1340. The Morgan fingerprint density at radius 2 is 1.23 bits per heavy atom. The maximum atomic E-state index is 4.76. The van der Waals surface area contributed by atoms with E-state index in [9.17, 15) is 0 Å². The van der Waals surface area contributed by atoms with Crippen molar-refractivity contribution in [3.05, 3.63) is 103 Å². The van der Waals surface area contributed by atoms with Crippen molar-refractivity contribution in [3.8, 4) is 22.4 Å². The quantitative estimate of drug-likeness (QED) is 0.279. The number of benzene rings is 4. The van der Waals surface area contributed by atoms with Gasteiger partial charge in [-0.15, -0.1) is 0 Å². The minimum atomic E-state index is 0.124. The van der Waals surface area contributed by atoms with E-state index in [1.807, 2.05) is 12.3 Å². The Hall–Kier alpha value is -3.45. The van der Waals surface area contributed by atoms with Gasteiger partial charge in [0.2, 0.25) is 0 Å². The average molecular weight is 388 g/mol. The monoisotopic (exact) mass is 387 g/mol. The van der Waals surface area contributed by atoms with Gasteiger partial charge in [-0.2, -0.15) is 0 Å². The summed E-state index contributed by atoms with van der Waals surface area (Å²) in [4.78, 5) is 4.76. The third kappa shape index (κ3) is 3.27. The highest BCUT2D eigenvalue weighted by molar-refractivity contribution is 6.11. The van der Waals surface area contributed by atoms with Crippen LogP contribution in [0.2, 0.25) is 0 Å². The number of fused-ring (bicyclic) bond motifs is 3. The molecular formula is C29H25N. The number of hydrogen-bond acceptors (Lipinski definition) is 1. The first-order valence-corrected chi connectivity index (χ1v) is 10.5. The molecule has 0 aliphatic rings. The van der Waals surface area contributed by atoms with E-state index in [4.69, 9.17) is 4.98 Å². The molecule has 5 rings (SSSR count). The maximum Gasteiger partial charge on any atom is 0.0780 e. The number of nitrogens with zero attached hydrogens (tertiary/aromatic N) is 1. The standard InChI is InChI=1S/C29H25N/c1-29(2,3)24-15-13-22-14-16-26-25(27(22)19-24)17-18-30-28(26)23-11-9-21(10-12-23)20-7-5-4-6-8-20/h4-19H,1-3H3. The summed E-state index contributed by atoms with van der Waals surface area (Å²) < 4.78 is 0. The predicted molar refractivity (Wildman–Crippen MR) is 129 cm³/mol. The second-order valence-electron chi connectivity index (χ2n) is 8.95. The topological polar surface area (TPSA) is 12.9 Å². The van der Waals surface area contributed by atoms with Crippen LogP contribution in [-0.4, -0.2) is 4.98 Å². The molecule has 1 aromatic heterocycles. The molecule has 146 valence electrons. The lowest BCUT2D eigenvalue weighted by Gasteiger charge is -2.20. The van der Waals surface area contributed by atoms with Crippen LogP contribution < -0.4 is 0 Å². The van der Waals surface area contributed by atoms with Crippen LogP contribution in [0.4, 0.5) is 0 Å². The summed E-state index contributed by atoms with van der Waals surface area (Å²) in [5, 5.41) is 5.02. The molecular weight excluding hydrogens is 362 g/mol. The molecule has 1 heterocycles. The average Bonchev–Trinajstić information content (AvgIpc) is 2.78. The van der Waals surface area contributed by atoms with E-state index in [0.717, 1.165) is 11.3 Å². The van der Waals surface area contributed by atoms with Gasteiger partial charge in [0.1, 0.15) is 0 Å².